The van der Waals surface area contributed by atoms with Crippen LogP contribution in [-0.2, 0) is 9.59 Å². The molecule has 9 rings (SSSR count). The Balaban J connectivity index is 0.980. The van der Waals surface area contributed by atoms with Crippen molar-refractivity contribution in [2.24, 2.45) is 51.8 Å². The highest BCUT2D eigenvalue weighted by Crippen LogP contribution is 2.57. The average molecular weight is 1030 g/mol. The molecule has 9 unspecified atom stereocenters. The molecule has 0 aliphatic heterocycles. The first-order valence-corrected chi connectivity index (χ1v) is 29.4. The predicted molar refractivity (Wildman–Crippen MR) is 289 cm³/mol. The molecule has 4 bridgehead atoms. The van der Waals surface area contributed by atoms with E-state index in [4.69, 9.17) is 9.97 Å². The van der Waals surface area contributed by atoms with Gasteiger partial charge in [-0.3, -0.25) is 9.59 Å². The molecule has 5 aliphatic rings. The third kappa shape index (κ3) is 12.2. The molecule has 4 N–H and O–H groups in total. The maximum atomic E-state index is 14.0. The Hall–Kier alpha value is -3.96. The van der Waals surface area contributed by atoms with Gasteiger partial charge in [0.1, 0.15) is 11.6 Å². The van der Waals surface area contributed by atoms with Gasteiger partial charge in [-0.05, 0) is 164 Å². The van der Waals surface area contributed by atoms with E-state index in [0.29, 0.717) is 35.5 Å². The summed E-state index contributed by atoms with van der Waals surface area (Å²) in [5.41, 5.74) is 6.10. The first kappa shape index (κ1) is 54.8. The quantitative estimate of drug-likeness (QED) is 0.106. The number of fused-ring (bicyclic) bond motifs is 8. The van der Waals surface area contributed by atoms with Gasteiger partial charge in [-0.15, -0.1) is 0 Å². The smallest absolute Gasteiger partial charge is 0.248 e. The zero-order valence-corrected chi connectivity index (χ0v) is 46.2. The van der Waals surface area contributed by atoms with Gasteiger partial charge in [0.2, 0.25) is 23.7 Å². The minimum Gasteiger partial charge on any atom is -0.345 e. The van der Waals surface area contributed by atoms with Crippen LogP contribution >= 0.6 is 0 Å². The first-order valence-electron chi connectivity index (χ1n) is 29.4. The molecule has 2 amide bonds. The molecule has 0 spiro atoms. The van der Waals surface area contributed by atoms with E-state index in [1.165, 1.54) is 101 Å². The second-order valence-corrected chi connectivity index (χ2v) is 27.0. The molecule has 408 valence electrons. The van der Waals surface area contributed by atoms with Crippen molar-refractivity contribution in [3.05, 3.63) is 59.2 Å². The Labute approximate surface area is 439 Å². The Bertz CT molecular complexity index is 2550. The molecule has 4 aromatic rings. The van der Waals surface area contributed by atoms with Crippen LogP contribution in [0.3, 0.4) is 0 Å². The van der Waals surface area contributed by atoms with Crippen molar-refractivity contribution >= 4 is 33.9 Å². The second-order valence-electron chi connectivity index (χ2n) is 27.0. The van der Waals surface area contributed by atoms with Crippen molar-refractivity contribution in [3.63, 3.8) is 0 Å². The molecule has 9 atom stereocenters. The molecule has 0 saturated heterocycles. The number of hydrogen-bond acceptors (Lipinski definition) is 4. The fourth-order valence-electron chi connectivity index (χ4n) is 15.3. The van der Waals surface area contributed by atoms with Crippen LogP contribution in [0.4, 0.5) is 17.6 Å². The van der Waals surface area contributed by atoms with Crippen molar-refractivity contribution in [3.8, 4) is 0 Å². The summed E-state index contributed by atoms with van der Waals surface area (Å²) >= 11 is 0. The summed E-state index contributed by atoms with van der Waals surface area (Å²) in [5.74, 6) is -1.71. The summed E-state index contributed by atoms with van der Waals surface area (Å²) < 4.78 is 56.2. The minimum absolute atomic E-state index is 0.155. The van der Waals surface area contributed by atoms with Gasteiger partial charge in [-0.2, -0.15) is 0 Å². The first-order chi connectivity index (χ1) is 35.0. The van der Waals surface area contributed by atoms with Crippen molar-refractivity contribution in [1.82, 2.24) is 30.6 Å². The summed E-state index contributed by atoms with van der Waals surface area (Å²) in [6.45, 7) is 17.3. The van der Waals surface area contributed by atoms with E-state index >= 15 is 0 Å². The highest BCUT2D eigenvalue weighted by Gasteiger charge is 2.46. The lowest BCUT2D eigenvalue weighted by atomic mass is 9.62. The maximum absolute atomic E-state index is 14.0. The number of carbonyl (C=O) groups excluding carboxylic acids is 2. The molecule has 2 aromatic heterocycles. The van der Waals surface area contributed by atoms with Gasteiger partial charge < -0.3 is 20.6 Å². The molecular formula is C62H90F4N6O2. The van der Waals surface area contributed by atoms with E-state index in [0.717, 1.165) is 40.1 Å². The highest BCUT2D eigenvalue weighted by molar-refractivity contribution is 5.81. The number of H-pyrrole nitrogens is 2. The SMILES string of the molecule is CCCC1CC2CCC(CCC3CCCC(CCC)(CC2)C(c2ccc4nc(C(NC(=O)C5CCC(F)(F)CC5)C(C)(C)C)[nH]c4c2)C3)C1c1ccc2nc(C(NC(=O)C3CCC(F)(F)CC3)C(C)(C)C)[nH]c2c1. The number of carbonyl (C=O) groups is 2. The Morgan fingerprint density at radius 2 is 1.12 bits per heavy atom. The van der Waals surface area contributed by atoms with E-state index in [9.17, 15) is 27.2 Å². The Kier molecular flexibility index (Phi) is 16.2. The topological polar surface area (TPSA) is 116 Å². The number of imidazole rings is 2. The number of aromatic nitrogens is 4. The van der Waals surface area contributed by atoms with Crippen LogP contribution < -0.4 is 10.6 Å². The van der Waals surface area contributed by atoms with E-state index in [-0.39, 0.29) is 79.4 Å². The van der Waals surface area contributed by atoms with Crippen LogP contribution in [0.25, 0.3) is 22.1 Å². The second kappa shape index (κ2) is 21.8. The number of alkyl halides is 4. The molecule has 2 aromatic carbocycles. The van der Waals surface area contributed by atoms with Crippen molar-refractivity contribution in [2.45, 2.75) is 239 Å². The van der Waals surface area contributed by atoms with Crippen LogP contribution in [0.1, 0.15) is 250 Å². The van der Waals surface area contributed by atoms with Crippen LogP contribution in [0.2, 0.25) is 0 Å². The minimum atomic E-state index is -2.68. The number of hydrogen-bond donors (Lipinski definition) is 4. The van der Waals surface area contributed by atoms with Crippen LogP contribution in [0.5, 0.6) is 0 Å². The summed E-state index contributed by atoms with van der Waals surface area (Å²) in [7, 11) is 0. The van der Waals surface area contributed by atoms with Gasteiger partial charge in [0, 0.05) is 37.5 Å². The van der Waals surface area contributed by atoms with Gasteiger partial charge in [-0.1, -0.05) is 112 Å². The number of benzene rings is 2. The number of nitrogens with zero attached hydrogens (tertiary/aromatic N) is 2. The van der Waals surface area contributed by atoms with E-state index < -0.39 is 35.8 Å². The fourth-order valence-corrected chi connectivity index (χ4v) is 15.3. The van der Waals surface area contributed by atoms with E-state index in [1.54, 1.807) is 0 Å². The van der Waals surface area contributed by atoms with Crippen LogP contribution in [0, 0.1) is 51.8 Å². The van der Waals surface area contributed by atoms with Crippen LogP contribution in [0.15, 0.2) is 36.4 Å². The van der Waals surface area contributed by atoms with Gasteiger partial charge >= 0.3 is 0 Å². The Morgan fingerprint density at radius 1 is 0.622 bits per heavy atom. The predicted octanol–water partition coefficient (Wildman–Crippen LogP) is 16.7. The van der Waals surface area contributed by atoms with E-state index in [1.807, 2.05) is 0 Å². The van der Waals surface area contributed by atoms with Gasteiger partial charge in [-0.25, -0.2) is 27.5 Å². The normalized spacial score (nSPS) is 29.2. The molecule has 12 heteroatoms. The van der Waals surface area contributed by atoms with E-state index in [2.05, 4.69) is 112 Å². The Morgan fingerprint density at radius 3 is 1.62 bits per heavy atom. The van der Waals surface area contributed by atoms with Gasteiger partial charge in [0.15, 0.2) is 0 Å². The summed E-state index contributed by atoms with van der Waals surface area (Å²) in [6.07, 6.45) is 18.4. The lowest BCUT2D eigenvalue weighted by molar-refractivity contribution is -0.131. The lowest BCUT2D eigenvalue weighted by Gasteiger charge is -2.42. The maximum Gasteiger partial charge on any atom is 0.248 e. The molecular weight excluding hydrogens is 937 g/mol. The number of aromatic amines is 2. The van der Waals surface area contributed by atoms with Crippen molar-refractivity contribution in [1.29, 1.82) is 0 Å². The number of amides is 2. The number of rotatable bonds is 12. The third-order valence-electron chi connectivity index (χ3n) is 19.5. The van der Waals surface area contributed by atoms with Crippen molar-refractivity contribution < 1.29 is 27.2 Å². The average Bonchev–Trinajstić information content (AvgIpc) is 3.85. The standard InChI is InChI=1S/C62H90F4N6O2/c1-9-12-44-34-39-15-17-40(51(44)45-19-21-48-50(37-45)70-55(68-48)53(59(6,7)8)72-57(74)42-25-32-62(65,66)33-26-42)16-14-38-13-11-28-60(27-10-2,29-22-39)46(35-38)43-18-20-47-49(36-43)69-54(67-47)52(58(3,4)5)71-56(73)41-23-30-61(63,64)31-24-41/h18-21,36-42,44,46,51-53H,9-17,22-35H2,1-8H3,(H,67,69)(H,68,70)(H,71,73)(H,72,74). The zero-order valence-electron chi connectivity index (χ0n) is 46.2. The number of nitrogens with one attached hydrogen (secondary N) is 4. The summed E-state index contributed by atoms with van der Waals surface area (Å²) in [5, 5.41) is 6.53. The summed E-state index contributed by atoms with van der Waals surface area (Å²) in [6, 6.07) is 13.1. The van der Waals surface area contributed by atoms with Gasteiger partial charge in [0.25, 0.3) is 0 Å². The molecule has 2 heterocycles. The van der Waals surface area contributed by atoms with Crippen LogP contribution in [-0.4, -0.2) is 43.6 Å². The molecule has 0 radical (unpaired) electrons. The molecule has 5 fully saturated rings. The molecule has 5 aliphatic carbocycles. The largest absolute Gasteiger partial charge is 0.345 e. The lowest BCUT2D eigenvalue weighted by Crippen LogP contribution is -2.42. The summed E-state index contributed by atoms with van der Waals surface area (Å²) in [4.78, 5) is 44.9. The zero-order chi connectivity index (χ0) is 52.8. The monoisotopic (exact) mass is 1030 g/mol. The molecule has 8 nitrogen and oxygen atoms in total. The fraction of sp³-hybridized carbons (Fsp3) is 0.742. The molecule has 5 saturated carbocycles. The molecule has 74 heavy (non-hydrogen) atoms. The highest BCUT2D eigenvalue weighted by atomic mass is 19.3. The van der Waals surface area contributed by atoms with Gasteiger partial charge in [0.05, 0.1) is 34.2 Å². The van der Waals surface area contributed by atoms with Crippen molar-refractivity contribution in [2.75, 3.05) is 0 Å². The number of halogens is 4. The third-order valence-corrected chi connectivity index (χ3v) is 19.5.